The highest BCUT2D eigenvalue weighted by Crippen LogP contribution is 2.30. The largest absolute Gasteiger partial charge is 0.355 e. The molecule has 4 heteroatoms. The Balaban J connectivity index is 1.87. The van der Waals surface area contributed by atoms with Crippen LogP contribution in [0.5, 0.6) is 0 Å². The average Bonchev–Trinajstić information content (AvgIpc) is 2.85. The van der Waals surface area contributed by atoms with Crippen molar-refractivity contribution < 1.29 is 0 Å². The molecule has 20 heavy (non-hydrogen) atoms. The van der Waals surface area contributed by atoms with Gasteiger partial charge in [-0.25, -0.2) is 4.98 Å². The third-order valence-electron chi connectivity index (χ3n) is 4.52. The van der Waals surface area contributed by atoms with Crippen molar-refractivity contribution >= 4 is 23.1 Å². The zero-order chi connectivity index (χ0) is 14.1. The summed E-state index contributed by atoms with van der Waals surface area (Å²) in [6, 6.07) is 6.09. The standard InChI is InChI=1S/C16H22ClN3/c1-12(2)13-6-9-19(10-7-13)16-14(11-17)20-8-4-3-5-15(20)18-16/h3-5,8,12-13H,6-7,9-11H2,1-2H3. The number of nitrogens with zero attached hydrogens (tertiary/aromatic N) is 3. The van der Waals surface area contributed by atoms with Crippen molar-refractivity contribution in [3.05, 3.63) is 30.1 Å². The number of pyridine rings is 1. The molecule has 0 spiro atoms. The van der Waals surface area contributed by atoms with Crippen LogP contribution in [-0.2, 0) is 5.88 Å². The molecule has 108 valence electrons. The number of aromatic nitrogens is 2. The Bertz CT molecular complexity index is 582. The third-order valence-corrected chi connectivity index (χ3v) is 4.77. The van der Waals surface area contributed by atoms with Crippen LogP contribution < -0.4 is 4.90 Å². The lowest BCUT2D eigenvalue weighted by Crippen LogP contribution is -2.36. The van der Waals surface area contributed by atoms with E-state index in [4.69, 9.17) is 16.6 Å². The van der Waals surface area contributed by atoms with Gasteiger partial charge in [0.2, 0.25) is 0 Å². The monoisotopic (exact) mass is 291 g/mol. The van der Waals surface area contributed by atoms with Gasteiger partial charge in [-0.1, -0.05) is 19.9 Å². The van der Waals surface area contributed by atoms with E-state index in [2.05, 4.69) is 23.1 Å². The van der Waals surface area contributed by atoms with Gasteiger partial charge in [0, 0.05) is 19.3 Å². The van der Waals surface area contributed by atoms with Gasteiger partial charge in [0.25, 0.3) is 0 Å². The van der Waals surface area contributed by atoms with Crippen LogP contribution >= 0.6 is 11.6 Å². The first-order chi connectivity index (χ1) is 9.70. The first kappa shape index (κ1) is 13.7. The minimum Gasteiger partial charge on any atom is -0.355 e. The van der Waals surface area contributed by atoms with Crippen LogP contribution in [0.1, 0.15) is 32.4 Å². The quantitative estimate of drug-likeness (QED) is 0.798. The summed E-state index contributed by atoms with van der Waals surface area (Å²) in [7, 11) is 0. The highest BCUT2D eigenvalue weighted by molar-refractivity contribution is 6.17. The van der Waals surface area contributed by atoms with Crippen LogP contribution in [0.4, 0.5) is 5.82 Å². The molecule has 0 aromatic carbocycles. The van der Waals surface area contributed by atoms with Gasteiger partial charge in [-0.05, 0) is 36.8 Å². The zero-order valence-electron chi connectivity index (χ0n) is 12.2. The predicted molar refractivity (Wildman–Crippen MR) is 84.5 cm³/mol. The number of imidazole rings is 1. The maximum absolute atomic E-state index is 6.16. The molecule has 3 rings (SSSR count). The van der Waals surface area contributed by atoms with Crippen molar-refractivity contribution in [1.29, 1.82) is 0 Å². The van der Waals surface area contributed by atoms with Crippen molar-refractivity contribution in [3.63, 3.8) is 0 Å². The van der Waals surface area contributed by atoms with E-state index in [9.17, 15) is 0 Å². The van der Waals surface area contributed by atoms with Gasteiger partial charge in [0.05, 0.1) is 11.6 Å². The molecule has 3 heterocycles. The summed E-state index contributed by atoms with van der Waals surface area (Å²) in [5, 5.41) is 0. The summed E-state index contributed by atoms with van der Waals surface area (Å²) in [6.07, 6.45) is 4.56. The summed E-state index contributed by atoms with van der Waals surface area (Å²) in [5.41, 5.74) is 2.11. The Hall–Kier alpha value is -1.22. The van der Waals surface area contributed by atoms with E-state index in [1.165, 1.54) is 12.8 Å². The molecule has 1 aliphatic rings. The molecule has 1 aliphatic heterocycles. The normalized spacial score (nSPS) is 17.3. The minimum atomic E-state index is 0.505. The molecule has 0 atom stereocenters. The van der Waals surface area contributed by atoms with Crippen molar-refractivity contribution in [2.24, 2.45) is 11.8 Å². The second kappa shape index (κ2) is 5.65. The SMILES string of the molecule is CC(C)C1CCN(c2nc3ccccn3c2CCl)CC1. The maximum Gasteiger partial charge on any atom is 0.152 e. The lowest BCUT2D eigenvalue weighted by Gasteiger charge is -2.34. The summed E-state index contributed by atoms with van der Waals surface area (Å²) in [5.74, 6) is 3.21. The topological polar surface area (TPSA) is 20.5 Å². The van der Waals surface area contributed by atoms with E-state index in [0.717, 1.165) is 42.1 Å². The fourth-order valence-electron chi connectivity index (χ4n) is 3.19. The van der Waals surface area contributed by atoms with Crippen LogP contribution in [0.2, 0.25) is 0 Å². The minimum absolute atomic E-state index is 0.505. The third kappa shape index (κ3) is 2.39. The van der Waals surface area contributed by atoms with E-state index >= 15 is 0 Å². The molecular formula is C16H22ClN3. The molecule has 0 radical (unpaired) electrons. The molecular weight excluding hydrogens is 270 g/mol. The molecule has 1 saturated heterocycles. The summed E-state index contributed by atoms with van der Waals surface area (Å²) < 4.78 is 2.11. The smallest absolute Gasteiger partial charge is 0.152 e. The molecule has 0 amide bonds. The number of fused-ring (bicyclic) bond motifs is 1. The fraction of sp³-hybridized carbons (Fsp3) is 0.562. The highest BCUT2D eigenvalue weighted by atomic mass is 35.5. The van der Waals surface area contributed by atoms with Crippen LogP contribution in [-0.4, -0.2) is 22.5 Å². The summed E-state index contributed by atoms with van der Waals surface area (Å²) >= 11 is 6.16. The summed E-state index contributed by atoms with van der Waals surface area (Å²) in [4.78, 5) is 7.19. The van der Waals surface area contributed by atoms with Crippen LogP contribution in [0.15, 0.2) is 24.4 Å². The molecule has 1 fully saturated rings. The van der Waals surface area contributed by atoms with Crippen molar-refractivity contribution in [2.75, 3.05) is 18.0 Å². The highest BCUT2D eigenvalue weighted by Gasteiger charge is 2.25. The number of hydrogen-bond acceptors (Lipinski definition) is 2. The van der Waals surface area contributed by atoms with Gasteiger partial charge in [-0.2, -0.15) is 0 Å². The molecule has 0 saturated carbocycles. The predicted octanol–water partition coefficient (Wildman–Crippen LogP) is 3.95. The molecule has 3 nitrogen and oxygen atoms in total. The van der Waals surface area contributed by atoms with E-state index in [1.807, 2.05) is 24.4 Å². The van der Waals surface area contributed by atoms with E-state index in [0.29, 0.717) is 5.88 Å². The number of alkyl halides is 1. The Labute approximate surface area is 125 Å². The summed E-state index contributed by atoms with van der Waals surface area (Å²) in [6.45, 7) is 6.85. The van der Waals surface area contributed by atoms with Crippen molar-refractivity contribution in [3.8, 4) is 0 Å². The van der Waals surface area contributed by atoms with E-state index in [-0.39, 0.29) is 0 Å². The van der Waals surface area contributed by atoms with Gasteiger partial charge >= 0.3 is 0 Å². The first-order valence-electron chi connectivity index (χ1n) is 7.47. The van der Waals surface area contributed by atoms with E-state index in [1.54, 1.807) is 0 Å². The Kier molecular flexibility index (Phi) is 3.88. The number of rotatable bonds is 3. The van der Waals surface area contributed by atoms with Crippen LogP contribution in [0.3, 0.4) is 0 Å². The molecule has 2 aromatic rings. The molecule has 0 aliphatic carbocycles. The van der Waals surface area contributed by atoms with Crippen molar-refractivity contribution in [1.82, 2.24) is 9.38 Å². The molecule has 0 bridgehead atoms. The van der Waals surface area contributed by atoms with Gasteiger partial charge in [-0.3, -0.25) is 0 Å². The number of halogens is 1. The van der Waals surface area contributed by atoms with Gasteiger partial charge in [0.15, 0.2) is 5.82 Å². The number of anilines is 1. The van der Waals surface area contributed by atoms with E-state index < -0.39 is 0 Å². The zero-order valence-corrected chi connectivity index (χ0v) is 13.0. The van der Waals surface area contributed by atoms with Gasteiger partial charge in [-0.15, -0.1) is 11.6 Å². The number of piperidine rings is 1. The second-order valence-corrected chi connectivity index (χ2v) is 6.28. The van der Waals surface area contributed by atoms with Gasteiger partial charge in [0.1, 0.15) is 5.65 Å². The first-order valence-corrected chi connectivity index (χ1v) is 8.01. The molecule has 0 N–H and O–H groups in total. The van der Waals surface area contributed by atoms with Crippen molar-refractivity contribution in [2.45, 2.75) is 32.6 Å². The Morgan fingerprint density at radius 3 is 2.70 bits per heavy atom. The molecule has 0 unspecified atom stereocenters. The number of hydrogen-bond donors (Lipinski definition) is 0. The van der Waals surface area contributed by atoms with Crippen LogP contribution in [0.25, 0.3) is 5.65 Å². The fourth-order valence-corrected chi connectivity index (χ4v) is 3.44. The van der Waals surface area contributed by atoms with Crippen LogP contribution in [0, 0.1) is 11.8 Å². The lowest BCUT2D eigenvalue weighted by atomic mass is 9.87. The lowest BCUT2D eigenvalue weighted by molar-refractivity contribution is 0.310. The Morgan fingerprint density at radius 1 is 1.30 bits per heavy atom. The second-order valence-electron chi connectivity index (χ2n) is 6.01. The average molecular weight is 292 g/mol. The Morgan fingerprint density at radius 2 is 2.05 bits per heavy atom. The van der Waals surface area contributed by atoms with Gasteiger partial charge < -0.3 is 9.30 Å². The molecule has 2 aromatic heterocycles. The maximum atomic E-state index is 6.16.